The zero-order chi connectivity index (χ0) is 16.0. The lowest BCUT2D eigenvalue weighted by atomic mass is 9.95. The molecule has 4 heterocycles. The Labute approximate surface area is 138 Å². The molecule has 1 atom stereocenters. The Balaban J connectivity index is 1.58. The van der Waals surface area contributed by atoms with Crippen LogP contribution in [-0.4, -0.2) is 43.9 Å². The summed E-state index contributed by atoms with van der Waals surface area (Å²) in [6.45, 7) is 3.57. The minimum Gasteiger partial charge on any atom is -0.337 e. The normalized spacial score (nSPS) is 18.7. The summed E-state index contributed by atoms with van der Waals surface area (Å²) in [5, 5.41) is 12.6. The van der Waals surface area contributed by atoms with Gasteiger partial charge in [-0.2, -0.15) is 10.2 Å². The Bertz CT molecular complexity index is 813. The molecule has 6 nitrogen and oxygen atoms in total. The van der Waals surface area contributed by atoms with Crippen molar-refractivity contribution in [1.29, 1.82) is 0 Å². The summed E-state index contributed by atoms with van der Waals surface area (Å²) >= 11 is 1.53. The third-order valence-electron chi connectivity index (χ3n) is 4.58. The molecule has 0 bridgehead atoms. The van der Waals surface area contributed by atoms with Gasteiger partial charge in [-0.15, -0.1) is 11.3 Å². The molecule has 1 fully saturated rings. The Kier molecular flexibility index (Phi) is 3.45. The number of piperidine rings is 1. The van der Waals surface area contributed by atoms with Gasteiger partial charge in [-0.05, 0) is 31.9 Å². The first kappa shape index (κ1) is 14.4. The number of H-pyrrole nitrogens is 1. The first-order chi connectivity index (χ1) is 11.1. The maximum atomic E-state index is 12.9. The van der Waals surface area contributed by atoms with Crippen LogP contribution in [0.1, 0.15) is 39.8 Å². The number of aromatic amines is 1. The van der Waals surface area contributed by atoms with E-state index in [4.69, 9.17) is 0 Å². The van der Waals surface area contributed by atoms with Gasteiger partial charge in [0.15, 0.2) is 0 Å². The largest absolute Gasteiger partial charge is 0.337 e. The molecule has 0 aromatic carbocycles. The van der Waals surface area contributed by atoms with Crippen LogP contribution in [0.4, 0.5) is 0 Å². The van der Waals surface area contributed by atoms with Gasteiger partial charge < -0.3 is 4.90 Å². The van der Waals surface area contributed by atoms with Crippen molar-refractivity contribution in [2.75, 3.05) is 13.1 Å². The number of carbonyl (C=O) groups is 1. The van der Waals surface area contributed by atoms with Crippen molar-refractivity contribution in [2.24, 2.45) is 7.05 Å². The van der Waals surface area contributed by atoms with Crippen LogP contribution in [0.2, 0.25) is 0 Å². The van der Waals surface area contributed by atoms with Crippen LogP contribution in [0.3, 0.4) is 0 Å². The first-order valence-corrected chi connectivity index (χ1v) is 8.67. The fourth-order valence-electron chi connectivity index (χ4n) is 3.38. The number of aromatic nitrogens is 4. The molecule has 1 amide bonds. The molecule has 0 spiro atoms. The molecule has 1 saturated heterocycles. The van der Waals surface area contributed by atoms with Crippen molar-refractivity contribution in [3.05, 3.63) is 34.6 Å². The second-order valence-electron chi connectivity index (χ2n) is 6.14. The number of aryl methyl sites for hydroxylation is 2. The smallest absolute Gasteiger partial charge is 0.264 e. The molecule has 3 aromatic heterocycles. The Morgan fingerprint density at radius 2 is 2.35 bits per heavy atom. The summed E-state index contributed by atoms with van der Waals surface area (Å²) in [6, 6.07) is 4.00. The monoisotopic (exact) mass is 329 g/mol. The number of thiophene rings is 1. The molecule has 1 aliphatic rings. The minimum atomic E-state index is 0.134. The molecule has 4 rings (SSSR count). The van der Waals surface area contributed by atoms with Gasteiger partial charge in [0.05, 0.1) is 10.6 Å². The highest BCUT2D eigenvalue weighted by Crippen LogP contribution is 2.31. The van der Waals surface area contributed by atoms with Gasteiger partial charge in [-0.3, -0.25) is 14.6 Å². The average Bonchev–Trinajstić information content (AvgIpc) is 3.27. The highest BCUT2D eigenvalue weighted by atomic mass is 32.1. The molecule has 7 heteroatoms. The number of nitrogens with zero attached hydrogens (tertiary/aromatic N) is 4. The van der Waals surface area contributed by atoms with E-state index in [0.717, 1.165) is 52.4 Å². The molecule has 0 aliphatic carbocycles. The molecule has 120 valence electrons. The van der Waals surface area contributed by atoms with Gasteiger partial charge in [0.25, 0.3) is 5.91 Å². The van der Waals surface area contributed by atoms with Gasteiger partial charge in [-0.25, -0.2) is 0 Å². The number of amides is 1. The van der Waals surface area contributed by atoms with Crippen molar-refractivity contribution in [1.82, 2.24) is 24.9 Å². The standard InChI is InChI=1S/C16H19N5OS/c1-10-12-8-14(23-16(12)20(2)19-10)15(22)21-7-3-4-11(9-21)13-5-6-17-18-13/h5-6,8,11H,3-4,7,9H2,1-2H3,(H,17,18)/t11-/m0/s1. The molecule has 3 aromatic rings. The van der Waals surface area contributed by atoms with Crippen LogP contribution in [0.15, 0.2) is 18.3 Å². The predicted molar refractivity (Wildman–Crippen MR) is 89.8 cm³/mol. The summed E-state index contributed by atoms with van der Waals surface area (Å²) in [6.07, 6.45) is 3.90. The van der Waals surface area contributed by atoms with Gasteiger partial charge in [-0.1, -0.05) is 0 Å². The second-order valence-corrected chi connectivity index (χ2v) is 7.17. The van der Waals surface area contributed by atoms with E-state index < -0.39 is 0 Å². The maximum absolute atomic E-state index is 12.9. The summed E-state index contributed by atoms with van der Waals surface area (Å²) in [5.41, 5.74) is 2.10. The van der Waals surface area contributed by atoms with E-state index in [9.17, 15) is 4.79 Å². The van der Waals surface area contributed by atoms with Crippen molar-refractivity contribution in [3.8, 4) is 0 Å². The fourth-order valence-corrected chi connectivity index (χ4v) is 4.47. The number of likely N-dealkylation sites (tertiary alicyclic amines) is 1. The molecule has 1 N–H and O–H groups in total. The van der Waals surface area contributed by atoms with E-state index in [1.807, 2.05) is 35.7 Å². The zero-order valence-corrected chi connectivity index (χ0v) is 14.1. The van der Waals surface area contributed by atoms with Crippen LogP contribution in [-0.2, 0) is 7.05 Å². The lowest BCUT2D eigenvalue weighted by Gasteiger charge is -2.31. The Morgan fingerprint density at radius 3 is 3.09 bits per heavy atom. The molecular formula is C16H19N5OS. The second kappa shape index (κ2) is 5.49. The van der Waals surface area contributed by atoms with E-state index in [1.54, 1.807) is 6.20 Å². The quantitative estimate of drug-likeness (QED) is 0.786. The van der Waals surface area contributed by atoms with Gasteiger partial charge in [0.2, 0.25) is 0 Å². The van der Waals surface area contributed by atoms with Crippen LogP contribution in [0.25, 0.3) is 10.2 Å². The number of nitrogens with one attached hydrogen (secondary N) is 1. The molecule has 0 unspecified atom stereocenters. The van der Waals surface area contributed by atoms with E-state index in [1.165, 1.54) is 11.3 Å². The number of carbonyl (C=O) groups excluding carboxylic acids is 1. The lowest BCUT2D eigenvalue weighted by molar-refractivity contribution is 0.0711. The molecule has 0 radical (unpaired) electrons. The third kappa shape index (κ3) is 2.45. The van der Waals surface area contributed by atoms with E-state index in [2.05, 4.69) is 15.3 Å². The Morgan fingerprint density at radius 1 is 1.48 bits per heavy atom. The number of fused-ring (bicyclic) bond motifs is 1. The van der Waals surface area contributed by atoms with Crippen LogP contribution in [0, 0.1) is 6.92 Å². The van der Waals surface area contributed by atoms with E-state index in [-0.39, 0.29) is 5.91 Å². The number of rotatable bonds is 2. The van der Waals surface area contributed by atoms with Crippen LogP contribution < -0.4 is 0 Å². The molecule has 1 aliphatic heterocycles. The summed E-state index contributed by atoms with van der Waals surface area (Å²) < 4.78 is 1.86. The van der Waals surface area contributed by atoms with Gasteiger partial charge in [0, 0.05) is 43.3 Å². The topological polar surface area (TPSA) is 66.8 Å². The summed E-state index contributed by atoms with van der Waals surface area (Å²) in [7, 11) is 1.93. The molecular weight excluding hydrogens is 310 g/mol. The van der Waals surface area contributed by atoms with Crippen molar-refractivity contribution < 1.29 is 4.79 Å². The highest BCUT2D eigenvalue weighted by Gasteiger charge is 2.27. The van der Waals surface area contributed by atoms with Gasteiger partial charge >= 0.3 is 0 Å². The predicted octanol–water partition coefficient (Wildman–Crippen LogP) is 2.69. The Hall–Kier alpha value is -2.15. The van der Waals surface area contributed by atoms with E-state index in [0.29, 0.717) is 5.92 Å². The summed E-state index contributed by atoms with van der Waals surface area (Å²) in [4.78, 5) is 16.7. The highest BCUT2D eigenvalue weighted by molar-refractivity contribution is 7.20. The minimum absolute atomic E-state index is 0.134. The zero-order valence-electron chi connectivity index (χ0n) is 13.2. The SMILES string of the molecule is Cc1nn(C)c2sc(C(=O)N3CCC[C@H](c4ccn[nH]4)C3)cc12. The van der Waals surface area contributed by atoms with Crippen LogP contribution >= 0.6 is 11.3 Å². The molecule has 0 saturated carbocycles. The number of hydrogen-bond acceptors (Lipinski definition) is 4. The fraction of sp³-hybridized carbons (Fsp3) is 0.438. The maximum Gasteiger partial charge on any atom is 0.264 e. The van der Waals surface area contributed by atoms with Crippen LogP contribution in [0.5, 0.6) is 0 Å². The van der Waals surface area contributed by atoms with Crippen molar-refractivity contribution >= 4 is 27.5 Å². The van der Waals surface area contributed by atoms with E-state index >= 15 is 0 Å². The lowest BCUT2D eigenvalue weighted by Crippen LogP contribution is -2.38. The molecule has 23 heavy (non-hydrogen) atoms. The number of hydrogen-bond donors (Lipinski definition) is 1. The third-order valence-corrected chi connectivity index (χ3v) is 5.77. The summed E-state index contributed by atoms with van der Waals surface area (Å²) in [5.74, 6) is 0.489. The van der Waals surface area contributed by atoms with Gasteiger partial charge in [0.1, 0.15) is 4.83 Å². The van der Waals surface area contributed by atoms with Crippen molar-refractivity contribution in [2.45, 2.75) is 25.7 Å². The first-order valence-electron chi connectivity index (χ1n) is 7.85. The van der Waals surface area contributed by atoms with Crippen molar-refractivity contribution in [3.63, 3.8) is 0 Å². The average molecular weight is 329 g/mol.